The molecule has 136 valence electrons. The molecular weight excluding hydrogens is 356 g/mol. The first-order valence-electron chi connectivity index (χ1n) is 8.16. The van der Waals surface area contributed by atoms with E-state index in [-0.39, 0.29) is 12.5 Å². The van der Waals surface area contributed by atoms with Crippen LogP contribution in [0.3, 0.4) is 0 Å². The third-order valence-electron chi connectivity index (χ3n) is 3.97. The number of aromatic nitrogens is 4. The van der Waals surface area contributed by atoms with E-state index in [9.17, 15) is 4.79 Å². The number of carbonyl (C=O) groups is 1. The summed E-state index contributed by atoms with van der Waals surface area (Å²) < 4.78 is 13.9. The lowest BCUT2D eigenvalue weighted by molar-refractivity contribution is -0.117. The summed E-state index contributed by atoms with van der Waals surface area (Å²) in [7, 11) is 0. The standard InChI is InChI=1S/C16H18N6O3S/c17-13(23)6-14-20-15(22(21-14)7-10-8-24-3-4-25-10)9-1-2-12-11(5-9)19-16(18)26-12/h1-2,5,10H,3-4,6-8H2,(H2,17,23)(H2,18,19). The van der Waals surface area contributed by atoms with E-state index in [4.69, 9.17) is 20.9 Å². The number of hydrogen-bond donors (Lipinski definition) is 2. The number of fused-ring (bicyclic) bond motifs is 1. The van der Waals surface area contributed by atoms with Gasteiger partial charge in [0.2, 0.25) is 5.91 Å². The molecule has 1 aromatic carbocycles. The van der Waals surface area contributed by atoms with Gasteiger partial charge in [-0.3, -0.25) is 4.79 Å². The molecule has 1 atom stereocenters. The first-order chi connectivity index (χ1) is 12.6. The van der Waals surface area contributed by atoms with Crippen LogP contribution in [0.4, 0.5) is 5.13 Å². The quantitative estimate of drug-likeness (QED) is 0.668. The minimum atomic E-state index is -0.478. The van der Waals surface area contributed by atoms with Gasteiger partial charge in [0.1, 0.15) is 6.10 Å². The smallest absolute Gasteiger partial charge is 0.225 e. The molecule has 26 heavy (non-hydrogen) atoms. The van der Waals surface area contributed by atoms with E-state index in [0.29, 0.717) is 43.1 Å². The zero-order chi connectivity index (χ0) is 18.1. The Kier molecular flexibility index (Phi) is 4.53. The van der Waals surface area contributed by atoms with Crippen molar-refractivity contribution in [1.82, 2.24) is 19.7 Å². The van der Waals surface area contributed by atoms with Crippen molar-refractivity contribution in [2.75, 3.05) is 25.6 Å². The van der Waals surface area contributed by atoms with Crippen molar-refractivity contribution in [3.05, 3.63) is 24.0 Å². The lowest BCUT2D eigenvalue weighted by Crippen LogP contribution is -2.32. The molecule has 1 saturated heterocycles. The molecule has 2 aromatic heterocycles. The van der Waals surface area contributed by atoms with Crippen molar-refractivity contribution in [2.45, 2.75) is 19.1 Å². The first kappa shape index (κ1) is 16.9. The highest BCUT2D eigenvalue weighted by Gasteiger charge is 2.20. The number of thiazole rings is 1. The number of nitrogens with two attached hydrogens (primary N) is 2. The Balaban J connectivity index is 1.71. The second-order valence-electron chi connectivity index (χ2n) is 5.98. The fourth-order valence-electron chi connectivity index (χ4n) is 2.88. The van der Waals surface area contributed by atoms with Crippen LogP contribution in [0.5, 0.6) is 0 Å². The van der Waals surface area contributed by atoms with Gasteiger partial charge in [0, 0.05) is 5.56 Å². The maximum absolute atomic E-state index is 11.3. The zero-order valence-electron chi connectivity index (χ0n) is 13.9. The number of anilines is 1. The highest BCUT2D eigenvalue weighted by Crippen LogP contribution is 2.28. The summed E-state index contributed by atoms with van der Waals surface area (Å²) in [6.07, 6.45) is -0.141. The summed E-state index contributed by atoms with van der Waals surface area (Å²) >= 11 is 1.43. The Morgan fingerprint density at radius 3 is 3.00 bits per heavy atom. The van der Waals surface area contributed by atoms with Gasteiger partial charge in [-0.1, -0.05) is 11.3 Å². The number of nitrogens with zero attached hydrogens (tertiary/aromatic N) is 4. The molecule has 1 aliphatic heterocycles. The maximum atomic E-state index is 11.3. The molecular formula is C16H18N6O3S. The second-order valence-corrected chi connectivity index (χ2v) is 7.04. The van der Waals surface area contributed by atoms with Crippen molar-refractivity contribution < 1.29 is 14.3 Å². The average molecular weight is 374 g/mol. The number of nitrogen functional groups attached to an aromatic ring is 1. The number of carbonyl (C=O) groups excluding carboxylic acids is 1. The Morgan fingerprint density at radius 1 is 1.35 bits per heavy atom. The highest BCUT2D eigenvalue weighted by atomic mass is 32.1. The Bertz CT molecular complexity index is 947. The van der Waals surface area contributed by atoms with Gasteiger partial charge in [-0.2, -0.15) is 5.10 Å². The monoisotopic (exact) mass is 374 g/mol. The van der Waals surface area contributed by atoms with E-state index >= 15 is 0 Å². The normalized spacial score (nSPS) is 17.6. The molecule has 1 amide bonds. The molecule has 0 aliphatic carbocycles. The Morgan fingerprint density at radius 2 is 2.23 bits per heavy atom. The fourth-order valence-corrected chi connectivity index (χ4v) is 3.59. The van der Waals surface area contributed by atoms with Gasteiger partial charge < -0.3 is 20.9 Å². The Labute approximate surface area is 152 Å². The molecule has 3 heterocycles. The van der Waals surface area contributed by atoms with Crippen LogP contribution in [-0.4, -0.2) is 51.6 Å². The topological polar surface area (TPSA) is 131 Å². The van der Waals surface area contributed by atoms with Gasteiger partial charge >= 0.3 is 0 Å². The van der Waals surface area contributed by atoms with E-state index in [2.05, 4.69) is 15.1 Å². The minimum absolute atomic E-state index is 0.0199. The predicted octanol–water partition coefficient (Wildman–Crippen LogP) is 0.580. The molecule has 1 unspecified atom stereocenters. The molecule has 1 aliphatic rings. The summed E-state index contributed by atoms with van der Waals surface area (Å²) in [5, 5.41) is 4.95. The van der Waals surface area contributed by atoms with Gasteiger partial charge in [0.25, 0.3) is 0 Å². The Hall–Kier alpha value is -2.56. The van der Waals surface area contributed by atoms with E-state index in [1.54, 1.807) is 4.68 Å². The number of primary amides is 1. The number of hydrogen-bond acceptors (Lipinski definition) is 8. The van der Waals surface area contributed by atoms with Gasteiger partial charge in [0.05, 0.1) is 43.0 Å². The molecule has 9 nitrogen and oxygen atoms in total. The molecule has 3 aromatic rings. The van der Waals surface area contributed by atoms with Crippen LogP contribution >= 0.6 is 11.3 Å². The van der Waals surface area contributed by atoms with Crippen LogP contribution in [0, 0.1) is 0 Å². The van der Waals surface area contributed by atoms with E-state index in [1.165, 1.54) is 11.3 Å². The van der Waals surface area contributed by atoms with Crippen LogP contribution < -0.4 is 11.5 Å². The number of amides is 1. The zero-order valence-corrected chi connectivity index (χ0v) is 14.7. The fraction of sp³-hybridized carbons (Fsp3) is 0.375. The molecule has 4 rings (SSSR count). The lowest BCUT2D eigenvalue weighted by Gasteiger charge is -2.23. The van der Waals surface area contributed by atoms with Crippen molar-refractivity contribution >= 4 is 32.6 Å². The summed E-state index contributed by atoms with van der Waals surface area (Å²) in [5.41, 5.74) is 12.7. The largest absolute Gasteiger partial charge is 0.376 e. The third kappa shape index (κ3) is 3.52. The second kappa shape index (κ2) is 6.98. The van der Waals surface area contributed by atoms with Gasteiger partial charge in [-0.25, -0.2) is 14.6 Å². The average Bonchev–Trinajstić information content (AvgIpc) is 3.16. The van der Waals surface area contributed by atoms with Crippen LogP contribution in [0.15, 0.2) is 18.2 Å². The SMILES string of the molecule is NC(=O)Cc1nc(-c2ccc3sc(N)nc3c2)n(CC2COCCO2)n1. The lowest BCUT2D eigenvalue weighted by atomic mass is 10.2. The van der Waals surface area contributed by atoms with E-state index < -0.39 is 5.91 Å². The first-order valence-corrected chi connectivity index (χ1v) is 8.98. The summed E-state index contributed by atoms with van der Waals surface area (Å²) in [5.74, 6) is 0.527. The van der Waals surface area contributed by atoms with Crippen molar-refractivity contribution in [3.63, 3.8) is 0 Å². The van der Waals surface area contributed by atoms with Crippen molar-refractivity contribution in [1.29, 1.82) is 0 Å². The van der Waals surface area contributed by atoms with Crippen LogP contribution in [0.2, 0.25) is 0 Å². The number of rotatable bonds is 5. The number of ether oxygens (including phenoxy) is 2. The molecule has 4 N–H and O–H groups in total. The van der Waals surface area contributed by atoms with Crippen LogP contribution in [0.25, 0.3) is 21.6 Å². The summed E-state index contributed by atoms with van der Waals surface area (Å²) in [6, 6.07) is 5.80. The molecule has 0 saturated carbocycles. The molecule has 0 radical (unpaired) electrons. The van der Waals surface area contributed by atoms with E-state index in [0.717, 1.165) is 15.8 Å². The van der Waals surface area contributed by atoms with Crippen LogP contribution in [0.1, 0.15) is 5.82 Å². The van der Waals surface area contributed by atoms with Gasteiger partial charge in [-0.15, -0.1) is 0 Å². The molecule has 0 spiro atoms. The maximum Gasteiger partial charge on any atom is 0.225 e. The highest BCUT2D eigenvalue weighted by molar-refractivity contribution is 7.22. The predicted molar refractivity (Wildman–Crippen MR) is 96.5 cm³/mol. The van der Waals surface area contributed by atoms with E-state index in [1.807, 2.05) is 18.2 Å². The molecule has 1 fully saturated rings. The number of benzene rings is 1. The summed E-state index contributed by atoms with van der Waals surface area (Å²) in [6.45, 7) is 2.10. The van der Waals surface area contributed by atoms with Gasteiger partial charge in [-0.05, 0) is 18.2 Å². The van der Waals surface area contributed by atoms with Crippen molar-refractivity contribution in [2.24, 2.45) is 5.73 Å². The molecule has 0 bridgehead atoms. The minimum Gasteiger partial charge on any atom is -0.376 e. The summed E-state index contributed by atoms with van der Waals surface area (Å²) in [4.78, 5) is 20.1. The van der Waals surface area contributed by atoms with Gasteiger partial charge in [0.15, 0.2) is 16.8 Å². The van der Waals surface area contributed by atoms with Crippen LogP contribution in [-0.2, 0) is 27.2 Å². The third-order valence-corrected chi connectivity index (χ3v) is 4.84. The molecule has 10 heteroatoms. The van der Waals surface area contributed by atoms with Crippen molar-refractivity contribution in [3.8, 4) is 11.4 Å².